The number of hydrogen-bond donors (Lipinski definition) is 3. The first kappa shape index (κ1) is 14.6. The van der Waals surface area contributed by atoms with Crippen molar-refractivity contribution >= 4 is 5.91 Å². The highest BCUT2D eigenvalue weighted by molar-refractivity contribution is 5.78. The molecule has 100 valence electrons. The third kappa shape index (κ3) is 5.25. The molecule has 0 saturated heterocycles. The van der Waals surface area contributed by atoms with Crippen molar-refractivity contribution < 1.29 is 14.3 Å². The Kier molecular flexibility index (Phi) is 5.74. The standard InChI is InChI=1S/C13H19FN2O2/c1-9(2)16-13(18)8-15-7-12(17)10-3-5-11(14)6-4-10/h3-6,9,12,15,17H,7-8H2,1-2H3,(H,16,18). The number of carbonyl (C=O) groups excluding carboxylic acids is 1. The SMILES string of the molecule is CC(C)NC(=O)CNCC(O)c1ccc(F)cc1. The molecule has 1 rings (SSSR count). The zero-order chi connectivity index (χ0) is 13.5. The smallest absolute Gasteiger partial charge is 0.234 e. The monoisotopic (exact) mass is 254 g/mol. The van der Waals surface area contributed by atoms with Crippen molar-refractivity contribution in [3.8, 4) is 0 Å². The van der Waals surface area contributed by atoms with E-state index in [-0.39, 0.29) is 30.9 Å². The molecule has 1 aromatic carbocycles. The molecule has 1 unspecified atom stereocenters. The Bertz CT molecular complexity index is 379. The second-order valence-corrected chi connectivity index (χ2v) is 4.42. The topological polar surface area (TPSA) is 61.4 Å². The molecule has 0 radical (unpaired) electrons. The third-order valence-corrected chi connectivity index (χ3v) is 2.33. The predicted molar refractivity (Wildman–Crippen MR) is 67.5 cm³/mol. The number of benzene rings is 1. The highest BCUT2D eigenvalue weighted by Gasteiger charge is 2.08. The van der Waals surface area contributed by atoms with Crippen LogP contribution in [0.1, 0.15) is 25.5 Å². The minimum absolute atomic E-state index is 0.0984. The van der Waals surface area contributed by atoms with Gasteiger partial charge >= 0.3 is 0 Å². The summed E-state index contributed by atoms with van der Waals surface area (Å²) in [5.41, 5.74) is 0.619. The van der Waals surface area contributed by atoms with Crippen molar-refractivity contribution in [3.63, 3.8) is 0 Å². The van der Waals surface area contributed by atoms with E-state index in [0.717, 1.165) is 0 Å². The van der Waals surface area contributed by atoms with Crippen LogP contribution in [-0.2, 0) is 4.79 Å². The number of amides is 1. The van der Waals surface area contributed by atoms with Gasteiger partial charge in [-0.1, -0.05) is 12.1 Å². The van der Waals surface area contributed by atoms with E-state index in [2.05, 4.69) is 10.6 Å². The molecule has 3 N–H and O–H groups in total. The Morgan fingerprint density at radius 2 is 1.94 bits per heavy atom. The molecule has 0 aliphatic heterocycles. The minimum Gasteiger partial charge on any atom is -0.387 e. The first-order valence-corrected chi connectivity index (χ1v) is 5.92. The van der Waals surface area contributed by atoms with Crippen molar-refractivity contribution in [1.29, 1.82) is 0 Å². The van der Waals surface area contributed by atoms with Crippen LogP contribution in [0.25, 0.3) is 0 Å². The molecule has 0 bridgehead atoms. The van der Waals surface area contributed by atoms with Crippen molar-refractivity contribution in [1.82, 2.24) is 10.6 Å². The van der Waals surface area contributed by atoms with Crippen LogP contribution >= 0.6 is 0 Å². The van der Waals surface area contributed by atoms with E-state index in [1.54, 1.807) is 0 Å². The lowest BCUT2D eigenvalue weighted by Gasteiger charge is -2.13. The van der Waals surface area contributed by atoms with E-state index in [1.165, 1.54) is 24.3 Å². The summed E-state index contributed by atoms with van der Waals surface area (Å²) < 4.78 is 12.7. The van der Waals surface area contributed by atoms with Gasteiger partial charge in [-0.25, -0.2) is 4.39 Å². The van der Waals surface area contributed by atoms with Crippen LogP contribution in [0.2, 0.25) is 0 Å². The third-order valence-electron chi connectivity index (χ3n) is 2.33. The zero-order valence-corrected chi connectivity index (χ0v) is 10.6. The average Bonchev–Trinajstić information content (AvgIpc) is 2.28. The second-order valence-electron chi connectivity index (χ2n) is 4.42. The van der Waals surface area contributed by atoms with Gasteiger partial charge in [0, 0.05) is 12.6 Å². The van der Waals surface area contributed by atoms with Crippen LogP contribution in [0.15, 0.2) is 24.3 Å². The van der Waals surface area contributed by atoms with Gasteiger partial charge in [-0.15, -0.1) is 0 Å². The molecule has 0 aliphatic rings. The van der Waals surface area contributed by atoms with E-state index in [4.69, 9.17) is 0 Å². The van der Waals surface area contributed by atoms with Gasteiger partial charge in [0.25, 0.3) is 0 Å². The minimum atomic E-state index is -0.752. The highest BCUT2D eigenvalue weighted by Crippen LogP contribution is 2.12. The molecule has 18 heavy (non-hydrogen) atoms. The molecule has 1 atom stereocenters. The molecule has 5 heteroatoms. The number of aliphatic hydroxyl groups excluding tert-OH is 1. The van der Waals surface area contributed by atoms with Gasteiger partial charge in [-0.05, 0) is 31.5 Å². The van der Waals surface area contributed by atoms with E-state index in [1.807, 2.05) is 13.8 Å². The molecule has 1 amide bonds. The van der Waals surface area contributed by atoms with E-state index in [9.17, 15) is 14.3 Å². The maximum absolute atomic E-state index is 12.7. The maximum Gasteiger partial charge on any atom is 0.234 e. The maximum atomic E-state index is 12.7. The lowest BCUT2D eigenvalue weighted by atomic mass is 10.1. The normalized spacial score (nSPS) is 12.5. The Labute approximate surface area is 106 Å². The van der Waals surface area contributed by atoms with Crippen molar-refractivity contribution in [2.24, 2.45) is 0 Å². The van der Waals surface area contributed by atoms with E-state index < -0.39 is 6.10 Å². The Hall–Kier alpha value is -1.46. The van der Waals surface area contributed by atoms with Crippen LogP contribution in [0, 0.1) is 5.82 Å². The summed E-state index contributed by atoms with van der Waals surface area (Å²) in [4.78, 5) is 11.3. The number of halogens is 1. The summed E-state index contributed by atoms with van der Waals surface area (Å²) in [6, 6.07) is 5.74. The largest absolute Gasteiger partial charge is 0.387 e. The van der Waals surface area contributed by atoms with Crippen LogP contribution in [-0.4, -0.2) is 30.1 Å². The van der Waals surface area contributed by atoms with Crippen LogP contribution in [0.5, 0.6) is 0 Å². The molecule has 4 nitrogen and oxygen atoms in total. The van der Waals surface area contributed by atoms with Crippen LogP contribution in [0.4, 0.5) is 4.39 Å². The number of rotatable bonds is 6. The molecular formula is C13H19FN2O2. The Morgan fingerprint density at radius 1 is 1.33 bits per heavy atom. The van der Waals surface area contributed by atoms with Gasteiger partial charge in [0.15, 0.2) is 0 Å². The lowest BCUT2D eigenvalue weighted by Crippen LogP contribution is -2.38. The molecule has 0 fully saturated rings. The summed E-state index contributed by atoms with van der Waals surface area (Å²) in [5.74, 6) is -0.452. The zero-order valence-electron chi connectivity index (χ0n) is 10.6. The second kappa shape index (κ2) is 7.08. The van der Waals surface area contributed by atoms with Gasteiger partial charge in [-0.3, -0.25) is 4.79 Å². The lowest BCUT2D eigenvalue weighted by molar-refractivity contribution is -0.120. The van der Waals surface area contributed by atoms with E-state index in [0.29, 0.717) is 5.56 Å². The fourth-order valence-electron chi connectivity index (χ4n) is 1.50. The van der Waals surface area contributed by atoms with Crippen LogP contribution in [0.3, 0.4) is 0 Å². The fraction of sp³-hybridized carbons (Fsp3) is 0.462. The predicted octanol–water partition coefficient (Wildman–Crippen LogP) is 0.973. The fourth-order valence-corrected chi connectivity index (χ4v) is 1.50. The molecule has 0 aromatic heterocycles. The van der Waals surface area contributed by atoms with Gasteiger partial charge < -0.3 is 15.7 Å². The number of carbonyl (C=O) groups is 1. The first-order valence-electron chi connectivity index (χ1n) is 5.92. The molecule has 0 saturated carbocycles. The van der Waals surface area contributed by atoms with Crippen LogP contribution < -0.4 is 10.6 Å². The number of hydrogen-bond acceptors (Lipinski definition) is 3. The summed E-state index contributed by atoms with van der Waals surface area (Å²) in [6.07, 6.45) is -0.752. The van der Waals surface area contributed by atoms with Gasteiger partial charge in [0.1, 0.15) is 5.82 Å². The number of aliphatic hydroxyl groups is 1. The first-order chi connectivity index (χ1) is 8.49. The van der Waals surface area contributed by atoms with Crippen molar-refractivity contribution in [2.45, 2.75) is 26.0 Å². The Balaban J connectivity index is 2.31. The van der Waals surface area contributed by atoms with Gasteiger partial charge in [0.05, 0.1) is 12.6 Å². The highest BCUT2D eigenvalue weighted by atomic mass is 19.1. The van der Waals surface area contributed by atoms with E-state index >= 15 is 0 Å². The summed E-state index contributed by atoms with van der Waals surface area (Å²) in [5, 5.41) is 15.4. The quantitative estimate of drug-likeness (QED) is 0.709. The van der Waals surface area contributed by atoms with Crippen molar-refractivity contribution in [2.75, 3.05) is 13.1 Å². The summed E-state index contributed by atoms with van der Waals surface area (Å²) in [6.45, 7) is 4.16. The van der Waals surface area contributed by atoms with Gasteiger partial charge in [-0.2, -0.15) is 0 Å². The molecule has 1 aromatic rings. The van der Waals surface area contributed by atoms with Crippen molar-refractivity contribution in [3.05, 3.63) is 35.6 Å². The molecular weight excluding hydrogens is 235 g/mol. The average molecular weight is 254 g/mol. The molecule has 0 spiro atoms. The van der Waals surface area contributed by atoms with Gasteiger partial charge in [0.2, 0.25) is 5.91 Å². The summed E-state index contributed by atoms with van der Waals surface area (Å²) >= 11 is 0. The number of nitrogens with one attached hydrogen (secondary N) is 2. The summed E-state index contributed by atoms with van der Waals surface area (Å²) in [7, 11) is 0. The Morgan fingerprint density at radius 3 is 2.50 bits per heavy atom. The molecule has 0 heterocycles. The molecule has 0 aliphatic carbocycles.